The van der Waals surface area contributed by atoms with Crippen molar-refractivity contribution in [3.8, 4) is 0 Å². The van der Waals surface area contributed by atoms with E-state index in [4.69, 9.17) is 0 Å². The molecule has 1 heterocycles. The average Bonchev–Trinajstić information content (AvgIpc) is 1.92. The van der Waals surface area contributed by atoms with Gasteiger partial charge in [-0.1, -0.05) is 0 Å². The number of nitrogens with zero attached hydrogens (tertiary/aromatic N) is 1. The Morgan fingerprint density at radius 2 is 2.08 bits per heavy atom. The molecule has 0 aromatic carbocycles. The number of H-pyrrole nitrogens is 1. The molecule has 0 radical (unpaired) electrons. The molecule has 6 heteroatoms. The number of nitrogens with one attached hydrogen (secondary N) is 1. The summed E-state index contributed by atoms with van der Waals surface area (Å²) in [6.45, 7) is 1.10. The lowest BCUT2D eigenvalue weighted by Gasteiger charge is -2.06. The smallest absolute Gasteiger partial charge is 0.268 e. The molecule has 0 fully saturated rings. The highest BCUT2D eigenvalue weighted by Gasteiger charge is 2.33. The number of hydrogen-bond acceptors (Lipinski definition) is 2. The topological polar surface area (TPSA) is 45.8 Å². The van der Waals surface area contributed by atoms with Gasteiger partial charge in [-0.3, -0.25) is 4.79 Å². The first-order valence-electron chi connectivity index (χ1n) is 3.04. The van der Waals surface area contributed by atoms with Crippen LogP contribution in [-0.4, -0.2) is 10.2 Å². The number of aromatic nitrogens is 2. The van der Waals surface area contributed by atoms with E-state index in [1.807, 2.05) is 5.10 Å². The van der Waals surface area contributed by atoms with Crippen LogP contribution in [0.15, 0.2) is 11.0 Å². The fourth-order valence-corrected chi connectivity index (χ4v) is 0.744. The Morgan fingerprint density at radius 1 is 1.50 bits per heavy atom. The third-order valence-corrected chi connectivity index (χ3v) is 1.41. The summed E-state index contributed by atoms with van der Waals surface area (Å²) in [5, 5.41) is 4.96. The van der Waals surface area contributed by atoms with Gasteiger partial charge in [0.15, 0.2) is 0 Å². The minimum absolute atomic E-state index is 0.363. The SMILES string of the molecule is Cc1c(C(F)(F)F)cn[nH]c1=O. The summed E-state index contributed by atoms with van der Waals surface area (Å²) >= 11 is 0. The van der Waals surface area contributed by atoms with Crippen molar-refractivity contribution in [2.75, 3.05) is 0 Å². The van der Waals surface area contributed by atoms with Crippen LogP contribution in [0.25, 0.3) is 0 Å². The minimum atomic E-state index is -4.51. The molecular formula is C6H5F3N2O. The van der Waals surface area contributed by atoms with Gasteiger partial charge in [0.05, 0.1) is 11.8 Å². The van der Waals surface area contributed by atoms with Gasteiger partial charge in [0.1, 0.15) is 0 Å². The number of hydrogen-bond donors (Lipinski definition) is 1. The second-order valence-corrected chi connectivity index (χ2v) is 2.24. The number of halogens is 3. The molecular weight excluding hydrogens is 173 g/mol. The molecule has 0 saturated carbocycles. The lowest BCUT2D eigenvalue weighted by Crippen LogP contribution is -2.19. The van der Waals surface area contributed by atoms with E-state index in [0.29, 0.717) is 6.20 Å². The van der Waals surface area contributed by atoms with Gasteiger partial charge in [0.2, 0.25) is 0 Å². The van der Waals surface area contributed by atoms with Crippen molar-refractivity contribution in [3.63, 3.8) is 0 Å². The summed E-state index contributed by atoms with van der Waals surface area (Å²) in [7, 11) is 0. The van der Waals surface area contributed by atoms with Crippen LogP contribution in [0.1, 0.15) is 11.1 Å². The molecule has 0 spiro atoms. The summed E-state index contributed by atoms with van der Waals surface area (Å²) < 4.78 is 36.1. The normalized spacial score (nSPS) is 11.7. The Hall–Kier alpha value is -1.33. The van der Waals surface area contributed by atoms with Crippen LogP contribution in [-0.2, 0) is 6.18 Å². The van der Waals surface area contributed by atoms with E-state index >= 15 is 0 Å². The van der Waals surface area contributed by atoms with Crippen LogP contribution in [0.4, 0.5) is 13.2 Å². The highest BCUT2D eigenvalue weighted by atomic mass is 19.4. The van der Waals surface area contributed by atoms with Crippen LogP contribution in [0.3, 0.4) is 0 Å². The summed E-state index contributed by atoms with van der Waals surface area (Å²) in [5.41, 5.74) is -2.17. The van der Waals surface area contributed by atoms with Gasteiger partial charge in [-0.2, -0.15) is 18.3 Å². The zero-order valence-corrected chi connectivity index (χ0v) is 6.07. The van der Waals surface area contributed by atoms with Gasteiger partial charge in [-0.05, 0) is 6.92 Å². The van der Waals surface area contributed by atoms with E-state index in [0.717, 1.165) is 6.92 Å². The molecule has 3 nitrogen and oxygen atoms in total. The molecule has 1 N–H and O–H groups in total. The van der Waals surface area contributed by atoms with Crippen molar-refractivity contribution >= 4 is 0 Å². The van der Waals surface area contributed by atoms with Crippen LogP contribution in [0, 0.1) is 6.92 Å². The molecule has 0 amide bonds. The van der Waals surface area contributed by atoms with Crippen molar-refractivity contribution in [3.05, 3.63) is 27.7 Å². The zero-order valence-electron chi connectivity index (χ0n) is 6.07. The van der Waals surface area contributed by atoms with E-state index in [1.165, 1.54) is 0 Å². The van der Waals surface area contributed by atoms with Crippen molar-refractivity contribution in [1.82, 2.24) is 10.2 Å². The lowest BCUT2D eigenvalue weighted by molar-refractivity contribution is -0.138. The molecule has 0 aliphatic carbocycles. The number of aromatic amines is 1. The van der Waals surface area contributed by atoms with Gasteiger partial charge in [0, 0.05) is 5.56 Å². The molecule has 0 bridgehead atoms. The fraction of sp³-hybridized carbons (Fsp3) is 0.333. The molecule has 0 atom stereocenters. The lowest BCUT2D eigenvalue weighted by atomic mass is 10.2. The summed E-state index contributed by atoms with van der Waals surface area (Å²) in [4.78, 5) is 10.7. The molecule has 12 heavy (non-hydrogen) atoms. The van der Waals surface area contributed by atoms with Gasteiger partial charge in [-0.15, -0.1) is 0 Å². The maximum absolute atomic E-state index is 12.0. The molecule has 0 aliphatic rings. The minimum Gasteiger partial charge on any atom is -0.268 e. The van der Waals surface area contributed by atoms with Gasteiger partial charge < -0.3 is 0 Å². The Labute approximate surface area is 65.2 Å². The Bertz CT molecular complexity index is 341. The van der Waals surface area contributed by atoms with Crippen LogP contribution in [0.2, 0.25) is 0 Å². The first-order valence-corrected chi connectivity index (χ1v) is 3.04. The molecule has 1 rings (SSSR count). The second kappa shape index (κ2) is 2.62. The van der Waals surface area contributed by atoms with Gasteiger partial charge in [0.25, 0.3) is 5.56 Å². The first-order chi connectivity index (χ1) is 5.43. The van der Waals surface area contributed by atoms with E-state index in [9.17, 15) is 18.0 Å². The predicted octanol–water partition coefficient (Wildman–Crippen LogP) is 1.10. The molecule has 0 aliphatic heterocycles. The maximum Gasteiger partial charge on any atom is 0.418 e. The van der Waals surface area contributed by atoms with Crippen molar-refractivity contribution in [2.45, 2.75) is 13.1 Å². The fourth-order valence-electron chi connectivity index (χ4n) is 0.744. The van der Waals surface area contributed by atoms with Crippen molar-refractivity contribution in [2.24, 2.45) is 0 Å². The predicted molar refractivity (Wildman–Crippen MR) is 34.6 cm³/mol. The van der Waals surface area contributed by atoms with E-state index in [2.05, 4.69) is 5.10 Å². The summed E-state index contributed by atoms with van der Waals surface area (Å²) in [6, 6.07) is 0. The van der Waals surface area contributed by atoms with Crippen molar-refractivity contribution in [1.29, 1.82) is 0 Å². The summed E-state index contributed by atoms with van der Waals surface area (Å²) in [5.74, 6) is 0. The monoisotopic (exact) mass is 178 g/mol. The van der Waals surface area contributed by atoms with E-state index in [-0.39, 0.29) is 5.56 Å². The van der Waals surface area contributed by atoms with Crippen molar-refractivity contribution < 1.29 is 13.2 Å². The quantitative estimate of drug-likeness (QED) is 0.646. The van der Waals surface area contributed by atoms with E-state index < -0.39 is 17.3 Å². The Kier molecular flexibility index (Phi) is 1.91. The largest absolute Gasteiger partial charge is 0.418 e. The number of alkyl halides is 3. The zero-order chi connectivity index (χ0) is 9.35. The average molecular weight is 178 g/mol. The standard InChI is InChI=1S/C6H5F3N2O/c1-3-4(6(7,8)9)2-10-11-5(3)12/h2H,1H3,(H,11,12). The summed E-state index contributed by atoms with van der Waals surface area (Å²) in [6.07, 6.45) is -3.91. The third-order valence-electron chi connectivity index (χ3n) is 1.41. The highest BCUT2D eigenvalue weighted by Crippen LogP contribution is 2.29. The first kappa shape index (κ1) is 8.76. The number of rotatable bonds is 0. The second-order valence-electron chi connectivity index (χ2n) is 2.24. The Balaban J connectivity index is 3.36. The Morgan fingerprint density at radius 3 is 2.50 bits per heavy atom. The van der Waals surface area contributed by atoms with Gasteiger partial charge in [-0.25, -0.2) is 5.10 Å². The van der Waals surface area contributed by atoms with Crippen LogP contribution < -0.4 is 5.56 Å². The third kappa shape index (κ3) is 1.46. The molecule has 1 aromatic heterocycles. The van der Waals surface area contributed by atoms with E-state index in [1.54, 1.807) is 0 Å². The molecule has 66 valence electrons. The van der Waals surface area contributed by atoms with Crippen LogP contribution >= 0.6 is 0 Å². The molecule has 1 aromatic rings. The highest BCUT2D eigenvalue weighted by molar-refractivity contribution is 5.21. The maximum atomic E-state index is 12.0. The molecule has 0 unspecified atom stereocenters. The van der Waals surface area contributed by atoms with Gasteiger partial charge >= 0.3 is 6.18 Å². The van der Waals surface area contributed by atoms with Crippen LogP contribution in [0.5, 0.6) is 0 Å². The molecule has 0 saturated heterocycles.